The Kier molecular flexibility index (Phi) is 5.68. The highest BCUT2D eigenvalue weighted by Gasteiger charge is 2.54. The van der Waals surface area contributed by atoms with Crippen molar-refractivity contribution in [2.24, 2.45) is 0 Å². The summed E-state index contributed by atoms with van der Waals surface area (Å²) >= 11 is 0. The van der Waals surface area contributed by atoms with Crippen LogP contribution in [0.3, 0.4) is 0 Å². The van der Waals surface area contributed by atoms with Crippen molar-refractivity contribution in [1.82, 2.24) is 0 Å². The van der Waals surface area contributed by atoms with Gasteiger partial charge in [-0.3, -0.25) is 4.57 Å². The summed E-state index contributed by atoms with van der Waals surface area (Å²) in [7, 11) is -5.19. The van der Waals surface area contributed by atoms with Gasteiger partial charge in [0, 0.05) is 0 Å². The lowest BCUT2D eigenvalue weighted by Crippen LogP contribution is -2.40. The monoisotopic (exact) mass is 280 g/mol. The number of hydrogen-bond donors (Lipinski definition) is 0. The lowest BCUT2D eigenvalue weighted by molar-refractivity contribution is 0.152. The zero-order valence-electron chi connectivity index (χ0n) is 12.8. The Bertz CT molecular complexity index is 279. The standard InChI is InChI=1S/C12H29O3PSi/c1-10(2)14-16(13,15-11(3)4)17(8,9)12(5,6)7/h10-11H,1-9H3. The zero-order valence-corrected chi connectivity index (χ0v) is 14.7. The fourth-order valence-electron chi connectivity index (χ4n) is 1.25. The van der Waals surface area contributed by atoms with Crippen molar-refractivity contribution in [3.05, 3.63) is 0 Å². The summed E-state index contributed by atoms with van der Waals surface area (Å²) in [5.74, 6) is 0. The maximum absolute atomic E-state index is 13.1. The van der Waals surface area contributed by atoms with Crippen molar-refractivity contribution < 1.29 is 13.6 Å². The Morgan fingerprint density at radius 3 is 1.41 bits per heavy atom. The van der Waals surface area contributed by atoms with Crippen molar-refractivity contribution >= 4 is 14.9 Å². The SMILES string of the molecule is CC(C)OP(=O)(OC(C)C)[Si](C)(C)C(C)(C)C. The van der Waals surface area contributed by atoms with Gasteiger partial charge in [0.2, 0.25) is 0 Å². The molecule has 104 valence electrons. The van der Waals surface area contributed by atoms with E-state index in [4.69, 9.17) is 9.05 Å². The van der Waals surface area contributed by atoms with Crippen LogP contribution in [0.5, 0.6) is 0 Å². The molecule has 0 aliphatic carbocycles. The van der Waals surface area contributed by atoms with Gasteiger partial charge in [-0.1, -0.05) is 33.9 Å². The van der Waals surface area contributed by atoms with Gasteiger partial charge in [-0.05, 0) is 32.7 Å². The van der Waals surface area contributed by atoms with Gasteiger partial charge in [0.1, 0.15) is 0 Å². The molecule has 0 N–H and O–H groups in total. The van der Waals surface area contributed by atoms with Gasteiger partial charge in [0.05, 0.1) is 12.2 Å². The topological polar surface area (TPSA) is 35.5 Å². The fraction of sp³-hybridized carbons (Fsp3) is 1.00. The second kappa shape index (κ2) is 5.56. The van der Waals surface area contributed by atoms with E-state index < -0.39 is 14.9 Å². The summed E-state index contributed by atoms with van der Waals surface area (Å²) in [6.07, 6.45) is -0.151. The van der Waals surface area contributed by atoms with Crippen LogP contribution in [0.2, 0.25) is 18.1 Å². The first-order valence-electron chi connectivity index (χ1n) is 6.30. The van der Waals surface area contributed by atoms with E-state index >= 15 is 0 Å². The largest absolute Gasteiger partial charge is 0.310 e. The summed E-state index contributed by atoms with van der Waals surface area (Å²) < 4.78 is 24.6. The van der Waals surface area contributed by atoms with E-state index in [9.17, 15) is 4.57 Å². The third-order valence-electron chi connectivity index (χ3n) is 3.22. The third kappa shape index (κ3) is 4.20. The maximum Gasteiger partial charge on any atom is 0.298 e. The van der Waals surface area contributed by atoms with Crippen molar-refractivity contribution in [1.29, 1.82) is 0 Å². The zero-order chi connectivity index (χ0) is 14.1. The molecule has 0 fully saturated rings. The lowest BCUT2D eigenvalue weighted by Gasteiger charge is -2.42. The molecule has 0 aromatic carbocycles. The predicted molar refractivity (Wildman–Crippen MR) is 77.2 cm³/mol. The van der Waals surface area contributed by atoms with Gasteiger partial charge in [-0.15, -0.1) is 0 Å². The molecule has 0 spiro atoms. The molecule has 0 amide bonds. The molecular formula is C12H29O3PSi. The van der Waals surface area contributed by atoms with E-state index in [0.717, 1.165) is 0 Å². The molecule has 0 heterocycles. The number of rotatable bonds is 5. The average Bonchev–Trinajstić information content (AvgIpc) is 1.97. The quantitative estimate of drug-likeness (QED) is 0.523. The van der Waals surface area contributed by atoms with Gasteiger partial charge in [0.25, 0.3) is 7.14 Å². The van der Waals surface area contributed by atoms with Crippen LogP contribution in [0.25, 0.3) is 0 Å². The molecule has 3 nitrogen and oxygen atoms in total. The molecule has 0 saturated heterocycles. The molecule has 0 atom stereocenters. The van der Waals surface area contributed by atoms with Gasteiger partial charge in [0.15, 0.2) is 7.74 Å². The Hall–Kier alpha value is 0.367. The Labute approximate surface area is 108 Å². The van der Waals surface area contributed by atoms with Crippen LogP contribution in [0, 0.1) is 0 Å². The van der Waals surface area contributed by atoms with Crippen LogP contribution < -0.4 is 0 Å². The van der Waals surface area contributed by atoms with Crippen molar-refractivity contribution in [3.63, 3.8) is 0 Å². The highest BCUT2D eigenvalue weighted by molar-refractivity contribution is 7.93. The molecule has 0 rings (SSSR count). The third-order valence-corrected chi connectivity index (χ3v) is 16.4. The van der Waals surface area contributed by atoms with Gasteiger partial charge >= 0.3 is 0 Å². The van der Waals surface area contributed by atoms with Crippen LogP contribution in [0.1, 0.15) is 48.5 Å². The molecule has 0 radical (unpaired) electrons. The molecule has 0 aromatic heterocycles. The fourth-order valence-corrected chi connectivity index (χ4v) is 9.07. The highest BCUT2D eigenvalue weighted by Crippen LogP contribution is 2.66. The Morgan fingerprint density at radius 2 is 1.24 bits per heavy atom. The normalized spacial score (nSPS) is 14.8. The number of hydrogen-bond acceptors (Lipinski definition) is 3. The Balaban J connectivity index is 5.39. The van der Waals surface area contributed by atoms with E-state index in [-0.39, 0.29) is 17.2 Å². The molecular weight excluding hydrogens is 251 g/mol. The smallest absolute Gasteiger partial charge is 0.298 e. The Morgan fingerprint density at radius 1 is 0.941 bits per heavy atom. The molecule has 0 aliphatic rings. The van der Waals surface area contributed by atoms with E-state index in [1.54, 1.807) is 0 Å². The molecule has 0 saturated carbocycles. The van der Waals surface area contributed by atoms with Gasteiger partial charge in [-0.25, -0.2) is 0 Å². The van der Waals surface area contributed by atoms with E-state index in [1.807, 2.05) is 27.7 Å². The lowest BCUT2D eigenvalue weighted by atomic mass is 10.2. The van der Waals surface area contributed by atoms with Crippen LogP contribution >= 0.6 is 7.14 Å². The maximum atomic E-state index is 13.1. The minimum Gasteiger partial charge on any atom is -0.310 e. The van der Waals surface area contributed by atoms with Crippen LogP contribution in [-0.4, -0.2) is 19.9 Å². The first kappa shape index (κ1) is 17.4. The summed E-state index contributed by atoms with van der Waals surface area (Å²) in [5, 5.41) is -0.0215. The molecule has 0 aromatic rings. The van der Waals surface area contributed by atoms with Crippen molar-refractivity contribution in [3.8, 4) is 0 Å². The summed E-state index contributed by atoms with van der Waals surface area (Å²) in [5.41, 5.74) is 0. The predicted octanol–water partition coefficient (Wildman–Crippen LogP) is 5.03. The van der Waals surface area contributed by atoms with Crippen LogP contribution in [0.15, 0.2) is 0 Å². The second-order valence-electron chi connectivity index (χ2n) is 6.61. The summed E-state index contributed by atoms with van der Waals surface area (Å²) in [6, 6.07) is 0. The first-order chi connectivity index (χ1) is 7.33. The van der Waals surface area contributed by atoms with Crippen LogP contribution in [-0.2, 0) is 13.6 Å². The molecule has 5 heteroatoms. The van der Waals surface area contributed by atoms with Crippen molar-refractivity contribution in [2.45, 2.75) is 78.8 Å². The average molecular weight is 280 g/mol. The minimum absolute atomic E-state index is 0.0215. The van der Waals surface area contributed by atoms with Crippen LogP contribution in [0.4, 0.5) is 0 Å². The van der Waals surface area contributed by atoms with Gasteiger partial charge in [-0.2, -0.15) is 0 Å². The van der Waals surface area contributed by atoms with E-state index in [0.29, 0.717) is 0 Å². The summed E-state index contributed by atoms with van der Waals surface area (Å²) in [4.78, 5) is 0. The minimum atomic E-state index is -3.02. The first-order valence-corrected chi connectivity index (χ1v) is 11.7. The molecule has 0 unspecified atom stereocenters. The van der Waals surface area contributed by atoms with E-state index in [2.05, 4.69) is 33.9 Å². The van der Waals surface area contributed by atoms with Gasteiger partial charge < -0.3 is 9.05 Å². The summed E-state index contributed by atoms with van der Waals surface area (Å²) in [6.45, 7) is 18.2. The van der Waals surface area contributed by atoms with Crippen molar-refractivity contribution in [2.75, 3.05) is 0 Å². The molecule has 0 bridgehead atoms. The molecule has 0 aliphatic heterocycles. The highest BCUT2D eigenvalue weighted by atomic mass is 31.4. The molecule has 17 heavy (non-hydrogen) atoms. The second-order valence-corrected chi connectivity index (χ2v) is 17.6. The van der Waals surface area contributed by atoms with E-state index in [1.165, 1.54) is 0 Å².